The highest BCUT2D eigenvalue weighted by atomic mass is 19.4. The van der Waals surface area contributed by atoms with Gasteiger partial charge >= 0.3 is 35.8 Å². The zero-order valence-electron chi connectivity index (χ0n) is 22.5. The summed E-state index contributed by atoms with van der Waals surface area (Å²) in [7, 11) is 0. The summed E-state index contributed by atoms with van der Waals surface area (Å²) in [5, 5.41) is 0. The monoisotopic (exact) mass is 610 g/mol. The van der Waals surface area contributed by atoms with Gasteiger partial charge in [0.15, 0.2) is 0 Å². The quantitative estimate of drug-likeness (QED) is 0.136. The van der Waals surface area contributed by atoms with Crippen LogP contribution in [0.3, 0.4) is 0 Å². The highest BCUT2D eigenvalue weighted by molar-refractivity contribution is 5.10. The second kappa shape index (κ2) is 13.2. The van der Waals surface area contributed by atoms with Crippen molar-refractivity contribution in [2.45, 2.75) is 145 Å². The molecule has 13 heteroatoms. The predicted molar refractivity (Wildman–Crippen MR) is 124 cm³/mol. The zero-order chi connectivity index (χ0) is 30.6. The molecule has 0 nitrogen and oxygen atoms in total. The standard InChI is InChI=1S/C27H39F13/c1-2-3-4-5-6-7-18-8-12-20(13-9-18)21-14-10-19(11-15-21)16-17-22(28,29)23(30,31)24(32,33)25(34,35)26(36,37)27(38,39)40/h18-21H,2-17H2,1H3. The Labute approximate surface area is 226 Å². The largest absolute Gasteiger partial charge is 0.460 e. The van der Waals surface area contributed by atoms with Crippen LogP contribution in [-0.4, -0.2) is 35.8 Å². The summed E-state index contributed by atoms with van der Waals surface area (Å²) < 4.78 is 173. The third-order valence-electron chi connectivity index (χ3n) is 9.03. The van der Waals surface area contributed by atoms with Crippen molar-refractivity contribution in [2.24, 2.45) is 23.7 Å². The van der Waals surface area contributed by atoms with E-state index >= 15 is 0 Å². The molecule has 0 aromatic carbocycles. The molecule has 0 unspecified atom stereocenters. The SMILES string of the molecule is CCCCCCCC1CCC(C2CCC(CCC(F)(F)C(F)(F)C(F)(F)C(F)(F)C(F)(F)C(F)(F)F)CC2)CC1. The Kier molecular flexibility index (Phi) is 11.6. The van der Waals surface area contributed by atoms with Crippen molar-refractivity contribution in [1.82, 2.24) is 0 Å². The van der Waals surface area contributed by atoms with E-state index in [9.17, 15) is 57.1 Å². The first-order valence-electron chi connectivity index (χ1n) is 14.2. The van der Waals surface area contributed by atoms with E-state index in [4.69, 9.17) is 0 Å². The third kappa shape index (κ3) is 7.35. The molecule has 0 N–H and O–H groups in total. The number of alkyl halides is 13. The summed E-state index contributed by atoms with van der Waals surface area (Å²) in [6.45, 7) is 2.16. The van der Waals surface area contributed by atoms with Crippen LogP contribution in [0, 0.1) is 23.7 Å². The fraction of sp³-hybridized carbons (Fsp3) is 1.00. The lowest BCUT2D eigenvalue weighted by atomic mass is 9.68. The fourth-order valence-electron chi connectivity index (χ4n) is 6.28. The minimum atomic E-state index is -7.82. The molecule has 238 valence electrons. The molecule has 0 aliphatic heterocycles. The van der Waals surface area contributed by atoms with E-state index < -0.39 is 54.5 Å². The average Bonchev–Trinajstić information content (AvgIpc) is 2.87. The van der Waals surface area contributed by atoms with Crippen LogP contribution in [0.15, 0.2) is 0 Å². The van der Waals surface area contributed by atoms with Gasteiger partial charge in [0.2, 0.25) is 0 Å². The topological polar surface area (TPSA) is 0 Å². The van der Waals surface area contributed by atoms with Gasteiger partial charge in [-0.3, -0.25) is 0 Å². The summed E-state index contributed by atoms with van der Waals surface area (Å²) in [5.41, 5.74) is 0. The molecule has 0 aromatic heterocycles. The van der Waals surface area contributed by atoms with Gasteiger partial charge in [-0.1, -0.05) is 71.1 Å². The lowest BCUT2D eigenvalue weighted by molar-refractivity contribution is -0.440. The molecule has 40 heavy (non-hydrogen) atoms. The van der Waals surface area contributed by atoms with Crippen LogP contribution >= 0.6 is 0 Å². The second-order valence-electron chi connectivity index (χ2n) is 11.8. The Bertz CT molecular complexity index is 759. The molecule has 2 rings (SSSR count). The van der Waals surface area contributed by atoms with Crippen molar-refractivity contribution in [2.75, 3.05) is 0 Å². The maximum absolute atomic E-state index is 14.1. The molecule has 0 atom stereocenters. The first-order chi connectivity index (χ1) is 18.2. The van der Waals surface area contributed by atoms with Crippen molar-refractivity contribution >= 4 is 0 Å². The normalized spacial score (nSPS) is 26.2. The lowest BCUT2D eigenvalue weighted by Gasteiger charge is -2.40. The molecule has 0 amide bonds. The second-order valence-corrected chi connectivity index (χ2v) is 11.8. The summed E-state index contributed by atoms with van der Waals surface area (Å²) in [4.78, 5) is 0. The van der Waals surface area contributed by atoms with Gasteiger partial charge in [0.25, 0.3) is 0 Å². The molecule has 0 bridgehead atoms. The highest BCUT2D eigenvalue weighted by Crippen LogP contribution is 2.61. The van der Waals surface area contributed by atoms with Gasteiger partial charge in [0.1, 0.15) is 0 Å². The van der Waals surface area contributed by atoms with E-state index in [0.29, 0.717) is 43.4 Å². The van der Waals surface area contributed by atoms with Gasteiger partial charge in [-0.05, 0) is 55.8 Å². The van der Waals surface area contributed by atoms with Crippen molar-refractivity contribution in [1.29, 1.82) is 0 Å². The molecule has 0 radical (unpaired) electrons. The Morgan fingerprint density at radius 3 is 1.27 bits per heavy atom. The van der Waals surface area contributed by atoms with Gasteiger partial charge in [-0.25, -0.2) is 0 Å². The minimum Gasteiger partial charge on any atom is -0.200 e. The number of halogens is 13. The summed E-state index contributed by atoms with van der Waals surface area (Å²) in [5.74, 6) is -35.5. The van der Waals surface area contributed by atoms with Crippen LogP contribution in [0.4, 0.5) is 57.1 Å². The molecule has 0 saturated heterocycles. The third-order valence-corrected chi connectivity index (χ3v) is 9.03. The Morgan fingerprint density at radius 1 is 0.450 bits per heavy atom. The van der Waals surface area contributed by atoms with Gasteiger partial charge in [0, 0.05) is 6.42 Å². The number of rotatable bonds is 14. The number of hydrogen-bond acceptors (Lipinski definition) is 0. The van der Waals surface area contributed by atoms with Crippen LogP contribution in [0.5, 0.6) is 0 Å². The van der Waals surface area contributed by atoms with Gasteiger partial charge < -0.3 is 0 Å². The van der Waals surface area contributed by atoms with Crippen LogP contribution in [0.2, 0.25) is 0 Å². The van der Waals surface area contributed by atoms with Crippen LogP contribution < -0.4 is 0 Å². The van der Waals surface area contributed by atoms with Crippen molar-refractivity contribution in [3.63, 3.8) is 0 Å². The van der Waals surface area contributed by atoms with E-state index in [-0.39, 0.29) is 0 Å². The molecule has 0 heterocycles. The number of hydrogen-bond donors (Lipinski definition) is 0. The molecular formula is C27H39F13. The smallest absolute Gasteiger partial charge is 0.200 e. The van der Waals surface area contributed by atoms with Crippen LogP contribution in [0.25, 0.3) is 0 Å². The van der Waals surface area contributed by atoms with E-state index in [1.807, 2.05) is 0 Å². The van der Waals surface area contributed by atoms with E-state index in [0.717, 1.165) is 25.7 Å². The molecule has 0 aromatic rings. The number of unbranched alkanes of at least 4 members (excludes halogenated alkanes) is 4. The summed E-state index contributed by atoms with van der Waals surface area (Å²) in [6, 6.07) is 0. The predicted octanol–water partition coefficient (Wildman–Crippen LogP) is 11.5. The summed E-state index contributed by atoms with van der Waals surface area (Å²) >= 11 is 0. The van der Waals surface area contributed by atoms with Crippen molar-refractivity contribution < 1.29 is 57.1 Å². The molecule has 2 saturated carbocycles. The first-order valence-corrected chi connectivity index (χ1v) is 14.2. The van der Waals surface area contributed by atoms with E-state index in [1.165, 1.54) is 38.5 Å². The summed E-state index contributed by atoms with van der Waals surface area (Å²) in [6.07, 6.45) is 3.19. The zero-order valence-corrected chi connectivity index (χ0v) is 22.5. The first kappa shape index (κ1) is 35.3. The fourth-order valence-corrected chi connectivity index (χ4v) is 6.28. The molecule has 2 aliphatic carbocycles. The Morgan fingerprint density at radius 2 is 0.850 bits per heavy atom. The maximum atomic E-state index is 14.1. The van der Waals surface area contributed by atoms with E-state index in [2.05, 4.69) is 6.92 Å². The van der Waals surface area contributed by atoms with Gasteiger partial charge in [-0.2, -0.15) is 57.1 Å². The maximum Gasteiger partial charge on any atom is 0.460 e. The molecular weight excluding hydrogens is 571 g/mol. The lowest BCUT2D eigenvalue weighted by Crippen LogP contribution is -2.70. The highest BCUT2D eigenvalue weighted by Gasteiger charge is 2.90. The van der Waals surface area contributed by atoms with Crippen LogP contribution in [-0.2, 0) is 0 Å². The molecule has 2 aliphatic rings. The molecule has 2 fully saturated rings. The van der Waals surface area contributed by atoms with Crippen LogP contribution in [0.1, 0.15) is 110 Å². The minimum absolute atomic E-state index is 0.302. The van der Waals surface area contributed by atoms with Crippen molar-refractivity contribution in [3.8, 4) is 0 Å². The Balaban J connectivity index is 1.87. The van der Waals surface area contributed by atoms with Crippen molar-refractivity contribution in [3.05, 3.63) is 0 Å². The van der Waals surface area contributed by atoms with Gasteiger partial charge in [0.05, 0.1) is 0 Å². The van der Waals surface area contributed by atoms with E-state index in [1.54, 1.807) is 0 Å². The van der Waals surface area contributed by atoms with Gasteiger partial charge in [-0.15, -0.1) is 0 Å². The average molecular weight is 611 g/mol. The Hall–Kier alpha value is -0.910. The molecule has 0 spiro atoms.